The lowest BCUT2D eigenvalue weighted by molar-refractivity contribution is 0.404. The summed E-state index contributed by atoms with van der Waals surface area (Å²) in [6.45, 7) is 4.24. The van der Waals surface area contributed by atoms with E-state index >= 15 is 0 Å². The molecule has 1 aromatic rings. The third kappa shape index (κ3) is 4.41. The Kier molecular flexibility index (Phi) is 5.65. The van der Waals surface area contributed by atoms with Gasteiger partial charge in [-0.05, 0) is 25.2 Å². The van der Waals surface area contributed by atoms with Gasteiger partial charge in [0.2, 0.25) is 0 Å². The van der Waals surface area contributed by atoms with Crippen LogP contribution in [0.5, 0.6) is 0 Å². The molecule has 0 bridgehead atoms. The van der Waals surface area contributed by atoms with Gasteiger partial charge in [0, 0.05) is 18.8 Å². The smallest absolute Gasteiger partial charge is 0.0692 e. The molecule has 1 fully saturated rings. The molecule has 102 valence electrons. The summed E-state index contributed by atoms with van der Waals surface area (Å²) in [5, 5.41) is 11.5. The second-order valence-electron chi connectivity index (χ2n) is 5.48. The van der Waals surface area contributed by atoms with Crippen LogP contribution in [0, 0.1) is 5.92 Å². The molecule has 1 aliphatic carbocycles. The first-order valence-corrected chi connectivity index (χ1v) is 7.46. The fraction of sp³-hybridized carbons (Fsp3) is 0.857. The zero-order chi connectivity index (χ0) is 12.6. The molecule has 1 N–H and O–H groups in total. The summed E-state index contributed by atoms with van der Waals surface area (Å²) in [4.78, 5) is 0. The van der Waals surface area contributed by atoms with Crippen molar-refractivity contribution >= 4 is 0 Å². The van der Waals surface area contributed by atoms with Crippen LogP contribution in [0.3, 0.4) is 0 Å². The van der Waals surface area contributed by atoms with E-state index in [9.17, 15) is 0 Å². The maximum absolute atomic E-state index is 3.98. The monoisotopic (exact) mass is 250 g/mol. The molecule has 4 nitrogen and oxygen atoms in total. The van der Waals surface area contributed by atoms with Crippen LogP contribution in [0.15, 0.2) is 12.4 Å². The molecule has 0 radical (unpaired) electrons. The minimum atomic E-state index is 0.718. The Balaban J connectivity index is 1.64. The highest BCUT2D eigenvalue weighted by atomic mass is 15.4. The summed E-state index contributed by atoms with van der Waals surface area (Å²) in [5.41, 5.74) is 0. The van der Waals surface area contributed by atoms with E-state index < -0.39 is 0 Å². The average molecular weight is 250 g/mol. The van der Waals surface area contributed by atoms with E-state index in [0.717, 1.165) is 25.0 Å². The zero-order valence-corrected chi connectivity index (χ0v) is 11.5. The minimum Gasteiger partial charge on any atom is -0.312 e. The average Bonchev–Trinajstić information content (AvgIpc) is 2.78. The lowest BCUT2D eigenvalue weighted by Gasteiger charge is -2.16. The van der Waals surface area contributed by atoms with Crippen molar-refractivity contribution in [2.45, 2.75) is 64.5 Å². The summed E-state index contributed by atoms with van der Waals surface area (Å²) >= 11 is 0. The molecule has 18 heavy (non-hydrogen) atoms. The van der Waals surface area contributed by atoms with E-state index in [1.165, 1.54) is 44.9 Å². The Labute approximate surface area is 110 Å². The fourth-order valence-corrected chi connectivity index (χ4v) is 3.01. The standard InChI is InChI=1S/C14H26N4/c1-2-4-13-5-3-6-14(8-7-13)15-9-11-18-12-10-16-17-18/h10,12-15H,2-9,11H2,1H3. The third-order valence-corrected chi connectivity index (χ3v) is 4.03. The number of aromatic nitrogens is 3. The third-order valence-electron chi connectivity index (χ3n) is 4.03. The molecule has 0 saturated heterocycles. The van der Waals surface area contributed by atoms with Crippen LogP contribution in [0.4, 0.5) is 0 Å². The van der Waals surface area contributed by atoms with E-state index in [1.807, 2.05) is 10.9 Å². The van der Waals surface area contributed by atoms with Gasteiger partial charge < -0.3 is 5.32 Å². The molecule has 1 heterocycles. The van der Waals surface area contributed by atoms with Crippen LogP contribution in [0.25, 0.3) is 0 Å². The topological polar surface area (TPSA) is 42.7 Å². The van der Waals surface area contributed by atoms with Gasteiger partial charge >= 0.3 is 0 Å². The number of nitrogens with one attached hydrogen (secondary N) is 1. The first kappa shape index (κ1) is 13.5. The largest absolute Gasteiger partial charge is 0.312 e. The normalized spacial score (nSPS) is 24.9. The molecule has 2 rings (SSSR count). The van der Waals surface area contributed by atoms with Crippen molar-refractivity contribution in [3.63, 3.8) is 0 Å². The Bertz CT molecular complexity index is 310. The number of rotatable bonds is 6. The second-order valence-corrected chi connectivity index (χ2v) is 5.48. The number of hydrogen-bond acceptors (Lipinski definition) is 3. The molecule has 2 atom stereocenters. The molecule has 1 aromatic heterocycles. The van der Waals surface area contributed by atoms with Gasteiger partial charge in [-0.2, -0.15) is 0 Å². The van der Waals surface area contributed by atoms with Crippen LogP contribution < -0.4 is 5.32 Å². The maximum atomic E-state index is 3.98. The van der Waals surface area contributed by atoms with E-state index in [4.69, 9.17) is 0 Å². The highest BCUT2D eigenvalue weighted by Gasteiger charge is 2.17. The first-order valence-electron chi connectivity index (χ1n) is 7.46. The fourth-order valence-electron chi connectivity index (χ4n) is 3.01. The summed E-state index contributed by atoms with van der Waals surface area (Å²) in [6.07, 6.45) is 13.4. The Morgan fingerprint density at radius 3 is 3.00 bits per heavy atom. The predicted octanol–water partition coefficient (Wildman–Crippen LogP) is 2.62. The molecule has 1 saturated carbocycles. The minimum absolute atomic E-state index is 0.718. The van der Waals surface area contributed by atoms with Crippen LogP contribution in [-0.2, 0) is 6.54 Å². The van der Waals surface area contributed by atoms with E-state index in [-0.39, 0.29) is 0 Å². The lowest BCUT2D eigenvalue weighted by Crippen LogP contribution is -2.31. The van der Waals surface area contributed by atoms with Crippen LogP contribution >= 0.6 is 0 Å². The second kappa shape index (κ2) is 7.52. The molecule has 0 aromatic carbocycles. The molecule has 4 heteroatoms. The Morgan fingerprint density at radius 1 is 1.28 bits per heavy atom. The van der Waals surface area contributed by atoms with Crippen molar-refractivity contribution < 1.29 is 0 Å². The van der Waals surface area contributed by atoms with E-state index in [0.29, 0.717) is 0 Å². The SMILES string of the molecule is CCCC1CCCC(NCCn2ccnn2)CC1. The van der Waals surface area contributed by atoms with E-state index in [1.54, 1.807) is 6.20 Å². The quantitative estimate of drug-likeness (QED) is 0.789. The van der Waals surface area contributed by atoms with Gasteiger partial charge in [0.05, 0.1) is 12.7 Å². The van der Waals surface area contributed by atoms with Crippen molar-refractivity contribution in [1.82, 2.24) is 20.3 Å². The highest BCUT2D eigenvalue weighted by molar-refractivity contribution is 4.75. The first-order chi connectivity index (χ1) is 8.88. The van der Waals surface area contributed by atoms with Crippen molar-refractivity contribution in [2.75, 3.05) is 6.54 Å². The van der Waals surface area contributed by atoms with Gasteiger partial charge in [0.15, 0.2) is 0 Å². The molecule has 1 aliphatic rings. The van der Waals surface area contributed by atoms with Crippen molar-refractivity contribution in [3.05, 3.63) is 12.4 Å². The van der Waals surface area contributed by atoms with Crippen molar-refractivity contribution in [1.29, 1.82) is 0 Å². The highest BCUT2D eigenvalue weighted by Crippen LogP contribution is 2.26. The predicted molar refractivity (Wildman–Crippen MR) is 73.3 cm³/mol. The molecule has 2 unspecified atom stereocenters. The van der Waals surface area contributed by atoms with Gasteiger partial charge in [-0.1, -0.05) is 37.8 Å². The number of nitrogens with zero attached hydrogens (tertiary/aromatic N) is 3. The van der Waals surface area contributed by atoms with Gasteiger partial charge in [0.25, 0.3) is 0 Å². The van der Waals surface area contributed by atoms with Gasteiger partial charge in [0.1, 0.15) is 0 Å². The lowest BCUT2D eigenvalue weighted by atomic mass is 9.95. The summed E-state index contributed by atoms with van der Waals surface area (Å²) < 4.78 is 1.89. The maximum Gasteiger partial charge on any atom is 0.0692 e. The zero-order valence-electron chi connectivity index (χ0n) is 11.5. The van der Waals surface area contributed by atoms with Gasteiger partial charge in [-0.25, -0.2) is 0 Å². The van der Waals surface area contributed by atoms with Crippen molar-refractivity contribution in [3.8, 4) is 0 Å². The van der Waals surface area contributed by atoms with Gasteiger partial charge in [-0.3, -0.25) is 4.68 Å². The van der Waals surface area contributed by atoms with Crippen LogP contribution in [0.2, 0.25) is 0 Å². The Morgan fingerprint density at radius 2 is 2.22 bits per heavy atom. The van der Waals surface area contributed by atoms with Gasteiger partial charge in [-0.15, -0.1) is 5.10 Å². The Hall–Kier alpha value is -0.900. The van der Waals surface area contributed by atoms with E-state index in [2.05, 4.69) is 22.6 Å². The van der Waals surface area contributed by atoms with Crippen molar-refractivity contribution in [2.24, 2.45) is 5.92 Å². The summed E-state index contributed by atoms with van der Waals surface area (Å²) in [7, 11) is 0. The van der Waals surface area contributed by atoms with Crippen LogP contribution in [-0.4, -0.2) is 27.6 Å². The number of hydrogen-bond donors (Lipinski definition) is 1. The van der Waals surface area contributed by atoms with Crippen LogP contribution in [0.1, 0.15) is 51.9 Å². The molecule has 0 amide bonds. The molecular weight excluding hydrogens is 224 g/mol. The molecule has 0 spiro atoms. The summed E-state index contributed by atoms with van der Waals surface area (Å²) in [5.74, 6) is 0.983. The molecule has 0 aliphatic heterocycles. The molecular formula is C14H26N4. The summed E-state index contributed by atoms with van der Waals surface area (Å²) in [6, 6.07) is 0.718.